The van der Waals surface area contributed by atoms with E-state index in [-0.39, 0.29) is 23.7 Å². The Morgan fingerprint density at radius 3 is 2.12 bits per heavy atom. The van der Waals surface area contributed by atoms with E-state index in [0.29, 0.717) is 29.4 Å². The molecule has 0 spiro atoms. The number of benzene rings is 2. The number of carbonyl (C=O) groups is 1. The second-order valence-corrected chi connectivity index (χ2v) is 9.57. The highest BCUT2D eigenvalue weighted by Gasteiger charge is 2.39. The molecule has 3 aromatic rings. The van der Waals surface area contributed by atoms with Crippen molar-refractivity contribution in [3.63, 3.8) is 0 Å². The molecule has 0 unspecified atom stereocenters. The van der Waals surface area contributed by atoms with E-state index in [2.05, 4.69) is 5.10 Å². The second-order valence-electron chi connectivity index (χ2n) is 8.70. The molecular weight excluding hydrogens is 461 g/mol. The van der Waals surface area contributed by atoms with Crippen LogP contribution in [0.3, 0.4) is 0 Å². The summed E-state index contributed by atoms with van der Waals surface area (Å²) in [6.07, 6.45) is 2.39. The number of hydrogen-bond acceptors (Lipinski definition) is 4. The largest absolute Gasteiger partial charge is 0.502 e. The Bertz CT molecular complexity index is 1190. The molecule has 0 aliphatic carbocycles. The molecular formula is C25H25Cl2N3O3. The number of fused-ring (bicyclic) bond motifs is 1. The highest BCUT2D eigenvalue weighted by Crippen LogP contribution is 2.34. The van der Waals surface area contributed by atoms with Gasteiger partial charge in [-0.2, -0.15) is 5.10 Å². The van der Waals surface area contributed by atoms with E-state index < -0.39 is 17.1 Å². The molecule has 0 saturated heterocycles. The average Bonchev–Trinajstić information content (AvgIpc) is 2.76. The normalized spacial score (nSPS) is 15.9. The SMILES string of the molecule is CC(C)N1C[C@@H](C(Cc2cccc(Cl)c2)Cc2cccc(Cl)c2)n2ncc(=O)c(O)c2C1=O. The molecule has 4 rings (SSSR count). The first-order chi connectivity index (χ1) is 15.7. The van der Waals surface area contributed by atoms with Crippen molar-refractivity contribution >= 4 is 29.1 Å². The van der Waals surface area contributed by atoms with Crippen molar-refractivity contribution in [3.8, 4) is 5.75 Å². The summed E-state index contributed by atoms with van der Waals surface area (Å²) in [7, 11) is 0. The van der Waals surface area contributed by atoms with Crippen LogP contribution in [0.2, 0.25) is 10.0 Å². The lowest BCUT2D eigenvalue weighted by molar-refractivity contribution is 0.0529. The lowest BCUT2D eigenvalue weighted by Gasteiger charge is -2.40. The number of aromatic hydroxyl groups is 1. The van der Waals surface area contributed by atoms with Crippen LogP contribution < -0.4 is 5.43 Å². The molecule has 1 aliphatic rings. The molecule has 0 bridgehead atoms. The predicted molar refractivity (Wildman–Crippen MR) is 129 cm³/mol. The summed E-state index contributed by atoms with van der Waals surface area (Å²) < 4.78 is 1.53. The molecule has 0 fully saturated rings. The summed E-state index contributed by atoms with van der Waals surface area (Å²) in [5, 5.41) is 16.1. The molecule has 2 aromatic carbocycles. The van der Waals surface area contributed by atoms with E-state index >= 15 is 0 Å². The Labute approximate surface area is 202 Å². The highest BCUT2D eigenvalue weighted by atomic mass is 35.5. The quantitative estimate of drug-likeness (QED) is 0.545. The summed E-state index contributed by atoms with van der Waals surface area (Å²) in [5.41, 5.74) is 1.37. The molecule has 33 heavy (non-hydrogen) atoms. The topological polar surface area (TPSA) is 75.4 Å². The number of carbonyl (C=O) groups excluding carboxylic acids is 1. The molecule has 1 atom stereocenters. The smallest absolute Gasteiger partial charge is 0.276 e. The van der Waals surface area contributed by atoms with E-state index in [0.717, 1.165) is 17.3 Å². The van der Waals surface area contributed by atoms with Gasteiger partial charge in [0.25, 0.3) is 5.91 Å². The second kappa shape index (κ2) is 9.57. The molecule has 8 heteroatoms. The van der Waals surface area contributed by atoms with Crippen molar-refractivity contribution in [1.29, 1.82) is 0 Å². The zero-order valence-corrected chi connectivity index (χ0v) is 19.9. The van der Waals surface area contributed by atoms with Gasteiger partial charge in [0.05, 0.1) is 12.2 Å². The predicted octanol–water partition coefficient (Wildman–Crippen LogP) is 4.76. The number of amides is 1. The van der Waals surface area contributed by atoms with Crippen LogP contribution in [0.5, 0.6) is 5.75 Å². The number of halogens is 2. The summed E-state index contributed by atoms with van der Waals surface area (Å²) >= 11 is 12.5. The standard InChI is InChI=1S/C25H25Cl2N3O3/c1-15(2)29-14-21(30-23(25(29)33)24(32)22(31)13-28-30)18(9-16-5-3-7-19(26)11-16)10-17-6-4-8-20(27)12-17/h3-8,11-13,15,18,21,32H,9-10,14H2,1-2H3/t21-/m0/s1. The summed E-state index contributed by atoms with van der Waals surface area (Å²) in [6, 6.07) is 15.0. The maximum Gasteiger partial charge on any atom is 0.276 e. The van der Waals surface area contributed by atoms with Crippen molar-refractivity contribution in [2.24, 2.45) is 5.92 Å². The monoisotopic (exact) mass is 485 g/mol. The van der Waals surface area contributed by atoms with Gasteiger partial charge in [-0.3, -0.25) is 14.3 Å². The number of aromatic nitrogens is 2. The highest BCUT2D eigenvalue weighted by molar-refractivity contribution is 6.30. The lowest BCUT2D eigenvalue weighted by Crippen LogP contribution is -2.50. The van der Waals surface area contributed by atoms with Crippen LogP contribution >= 0.6 is 23.2 Å². The van der Waals surface area contributed by atoms with Gasteiger partial charge >= 0.3 is 0 Å². The molecule has 0 radical (unpaired) electrons. The van der Waals surface area contributed by atoms with Crippen molar-refractivity contribution < 1.29 is 9.90 Å². The van der Waals surface area contributed by atoms with E-state index in [4.69, 9.17) is 23.2 Å². The van der Waals surface area contributed by atoms with Crippen LogP contribution in [0.15, 0.2) is 59.5 Å². The maximum atomic E-state index is 13.1. The van der Waals surface area contributed by atoms with E-state index in [1.165, 1.54) is 4.68 Å². The summed E-state index contributed by atoms with van der Waals surface area (Å²) in [6.45, 7) is 4.24. The third-order valence-electron chi connectivity index (χ3n) is 6.09. The third-order valence-corrected chi connectivity index (χ3v) is 6.56. The van der Waals surface area contributed by atoms with Crippen molar-refractivity contribution in [3.05, 3.63) is 91.8 Å². The molecule has 1 aromatic heterocycles. The van der Waals surface area contributed by atoms with E-state index in [1.807, 2.05) is 62.4 Å². The minimum absolute atomic E-state index is 0.0237. The molecule has 1 N–H and O–H groups in total. The van der Waals surface area contributed by atoms with Crippen LogP contribution in [-0.4, -0.2) is 38.3 Å². The fourth-order valence-electron chi connectivity index (χ4n) is 4.48. The molecule has 6 nitrogen and oxygen atoms in total. The number of nitrogens with zero attached hydrogens (tertiary/aromatic N) is 3. The van der Waals surface area contributed by atoms with Gasteiger partial charge in [0.1, 0.15) is 0 Å². The van der Waals surface area contributed by atoms with Crippen LogP contribution in [-0.2, 0) is 12.8 Å². The van der Waals surface area contributed by atoms with Gasteiger partial charge in [-0.1, -0.05) is 47.5 Å². The van der Waals surface area contributed by atoms with Crippen molar-refractivity contribution in [2.75, 3.05) is 6.54 Å². The fourth-order valence-corrected chi connectivity index (χ4v) is 4.90. The Hall–Kier alpha value is -2.83. The van der Waals surface area contributed by atoms with Gasteiger partial charge in [-0.15, -0.1) is 0 Å². The molecule has 0 saturated carbocycles. The number of hydrogen-bond donors (Lipinski definition) is 1. The van der Waals surface area contributed by atoms with E-state index in [1.54, 1.807) is 4.90 Å². The van der Waals surface area contributed by atoms with Crippen LogP contribution in [0.25, 0.3) is 0 Å². The zero-order chi connectivity index (χ0) is 23.7. The molecule has 1 aliphatic heterocycles. The van der Waals surface area contributed by atoms with Crippen molar-refractivity contribution in [1.82, 2.24) is 14.7 Å². The minimum atomic E-state index is -0.666. The van der Waals surface area contributed by atoms with Gasteiger partial charge in [0.2, 0.25) is 5.43 Å². The van der Waals surface area contributed by atoms with Crippen molar-refractivity contribution in [2.45, 2.75) is 38.8 Å². The van der Waals surface area contributed by atoms with Crippen LogP contribution in [0.4, 0.5) is 0 Å². The van der Waals surface area contributed by atoms with Crippen LogP contribution in [0.1, 0.15) is 41.5 Å². The fraction of sp³-hybridized carbons (Fsp3) is 0.320. The Kier molecular flexibility index (Phi) is 6.77. The molecule has 2 heterocycles. The molecule has 1 amide bonds. The first-order valence-corrected chi connectivity index (χ1v) is 11.6. The van der Waals surface area contributed by atoms with Gasteiger partial charge in [0.15, 0.2) is 11.4 Å². The molecule has 172 valence electrons. The lowest BCUT2D eigenvalue weighted by atomic mass is 9.85. The summed E-state index contributed by atoms with van der Waals surface area (Å²) in [4.78, 5) is 26.9. The Morgan fingerprint density at radius 1 is 1.03 bits per heavy atom. The average molecular weight is 486 g/mol. The first-order valence-electron chi connectivity index (χ1n) is 10.8. The van der Waals surface area contributed by atoms with Gasteiger partial charge in [-0.25, -0.2) is 0 Å². The van der Waals surface area contributed by atoms with Gasteiger partial charge < -0.3 is 10.0 Å². The number of rotatable bonds is 6. The van der Waals surface area contributed by atoms with Gasteiger partial charge in [0, 0.05) is 22.6 Å². The van der Waals surface area contributed by atoms with E-state index in [9.17, 15) is 14.7 Å². The summed E-state index contributed by atoms with van der Waals surface area (Å²) in [5.74, 6) is -0.979. The minimum Gasteiger partial charge on any atom is -0.502 e. The zero-order valence-electron chi connectivity index (χ0n) is 18.4. The first kappa shape index (κ1) is 23.3. The maximum absolute atomic E-state index is 13.1. The Morgan fingerprint density at radius 2 is 1.61 bits per heavy atom. The van der Waals surface area contributed by atoms with Crippen LogP contribution in [0, 0.1) is 5.92 Å². The third kappa shape index (κ3) is 4.92. The Balaban J connectivity index is 1.82. The van der Waals surface area contributed by atoms with Gasteiger partial charge in [-0.05, 0) is 68.0 Å².